The van der Waals surface area contributed by atoms with Crippen LogP contribution in [0.25, 0.3) is 0 Å². The highest BCUT2D eigenvalue weighted by Crippen LogP contribution is 2.34. The van der Waals surface area contributed by atoms with Gasteiger partial charge in [-0.15, -0.1) is 0 Å². The molecule has 0 N–H and O–H groups in total. The molecule has 2 aromatic rings. The van der Waals surface area contributed by atoms with E-state index in [1.165, 1.54) is 4.31 Å². The fraction of sp³-hybridized carbons (Fsp3) is 0.455. The van der Waals surface area contributed by atoms with Gasteiger partial charge in [-0.25, -0.2) is 13.4 Å². The van der Waals surface area contributed by atoms with E-state index in [1.807, 2.05) is 23.1 Å². The van der Waals surface area contributed by atoms with Gasteiger partial charge in [-0.2, -0.15) is 4.31 Å². The first-order valence-electron chi connectivity index (χ1n) is 10.6. The molecule has 0 spiro atoms. The molecule has 158 valence electrons. The third kappa shape index (κ3) is 3.37. The van der Waals surface area contributed by atoms with Gasteiger partial charge in [0.1, 0.15) is 5.82 Å². The number of carbonyl (C=O) groups is 1. The molecule has 3 fully saturated rings. The third-order valence-electron chi connectivity index (χ3n) is 6.59. The van der Waals surface area contributed by atoms with Gasteiger partial charge in [0.2, 0.25) is 10.0 Å². The number of benzene rings is 1. The number of hydrogen-bond acceptors (Lipinski definition) is 5. The molecular formula is C22H26N4O3S. The van der Waals surface area contributed by atoms with Crippen molar-refractivity contribution in [1.82, 2.24) is 14.2 Å². The molecule has 0 bridgehead atoms. The average molecular weight is 427 g/mol. The van der Waals surface area contributed by atoms with Crippen LogP contribution in [0.4, 0.5) is 5.82 Å². The Labute approximate surface area is 177 Å². The number of anilines is 1. The van der Waals surface area contributed by atoms with Crippen LogP contribution >= 0.6 is 0 Å². The summed E-state index contributed by atoms with van der Waals surface area (Å²) in [5.41, 5.74) is 0.548. The minimum Gasteiger partial charge on any atom is -0.354 e. The molecule has 2 unspecified atom stereocenters. The van der Waals surface area contributed by atoms with Gasteiger partial charge < -0.3 is 9.80 Å². The highest BCUT2D eigenvalue weighted by molar-refractivity contribution is 7.89. The fourth-order valence-electron chi connectivity index (χ4n) is 4.95. The Hall–Kier alpha value is -2.45. The SMILES string of the molecule is O=C(c1ccc(S(=O)(=O)N2CCCC2)cc1)N1CCC2CN(c3ccccn3)CC21. The first-order valence-corrected chi connectivity index (χ1v) is 12.1. The second-order valence-corrected chi connectivity index (χ2v) is 10.3. The van der Waals surface area contributed by atoms with Crippen molar-refractivity contribution in [2.24, 2.45) is 5.92 Å². The molecule has 1 aromatic heterocycles. The minimum atomic E-state index is -3.46. The zero-order valence-corrected chi connectivity index (χ0v) is 17.7. The molecule has 3 aliphatic rings. The lowest BCUT2D eigenvalue weighted by molar-refractivity contribution is 0.0738. The zero-order chi connectivity index (χ0) is 20.7. The monoisotopic (exact) mass is 426 g/mol. The number of aromatic nitrogens is 1. The third-order valence-corrected chi connectivity index (χ3v) is 8.50. The van der Waals surface area contributed by atoms with E-state index in [-0.39, 0.29) is 16.8 Å². The first kappa shape index (κ1) is 19.5. The van der Waals surface area contributed by atoms with Crippen LogP contribution in [0.1, 0.15) is 29.6 Å². The normalized spacial score (nSPS) is 24.4. The Morgan fingerprint density at radius 1 is 0.967 bits per heavy atom. The Morgan fingerprint density at radius 3 is 2.43 bits per heavy atom. The molecule has 1 aromatic carbocycles. The van der Waals surface area contributed by atoms with Gasteiger partial charge in [0.25, 0.3) is 5.91 Å². The average Bonchev–Trinajstić information content (AvgIpc) is 3.51. The van der Waals surface area contributed by atoms with E-state index >= 15 is 0 Å². The van der Waals surface area contributed by atoms with Crippen molar-refractivity contribution in [3.05, 3.63) is 54.2 Å². The smallest absolute Gasteiger partial charge is 0.254 e. The predicted molar refractivity (Wildman–Crippen MR) is 114 cm³/mol. The molecule has 0 aliphatic carbocycles. The fourth-order valence-corrected chi connectivity index (χ4v) is 6.47. The summed E-state index contributed by atoms with van der Waals surface area (Å²) in [5, 5.41) is 0. The number of carbonyl (C=O) groups excluding carboxylic acids is 1. The molecule has 30 heavy (non-hydrogen) atoms. The van der Waals surface area contributed by atoms with Crippen LogP contribution in [0.3, 0.4) is 0 Å². The van der Waals surface area contributed by atoms with Crippen LogP contribution in [0.2, 0.25) is 0 Å². The number of pyridine rings is 1. The number of sulfonamides is 1. The number of hydrogen-bond donors (Lipinski definition) is 0. The minimum absolute atomic E-state index is 0.0181. The van der Waals surface area contributed by atoms with Crippen LogP contribution in [-0.2, 0) is 10.0 Å². The van der Waals surface area contributed by atoms with Crippen LogP contribution in [0.5, 0.6) is 0 Å². The lowest BCUT2D eigenvalue weighted by atomic mass is 10.0. The van der Waals surface area contributed by atoms with E-state index in [0.717, 1.165) is 44.7 Å². The predicted octanol–water partition coefficient (Wildman–Crippen LogP) is 2.22. The standard InChI is InChI=1S/C22H26N4O3S/c27-22(17-6-8-19(9-7-17)30(28,29)25-12-3-4-13-25)26-14-10-18-15-24(16-20(18)26)21-5-1-2-11-23-21/h1-2,5-9,11,18,20H,3-4,10,12-16H2. The Balaban J connectivity index is 1.30. The van der Waals surface area contributed by atoms with E-state index in [2.05, 4.69) is 9.88 Å². The number of rotatable bonds is 4. The molecule has 2 atom stereocenters. The molecule has 5 rings (SSSR count). The van der Waals surface area contributed by atoms with Gasteiger partial charge in [0.05, 0.1) is 10.9 Å². The number of nitrogens with zero attached hydrogens (tertiary/aromatic N) is 4. The summed E-state index contributed by atoms with van der Waals surface area (Å²) in [4.78, 5) is 22.1. The number of fused-ring (bicyclic) bond motifs is 1. The molecule has 8 heteroatoms. The van der Waals surface area contributed by atoms with Crippen molar-refractivity contribution in [2.45, 2.75) is 30.2 Å². The van der Waals surface area contributed by atoms with Crippen LogP contribution in [-0.4, -0.2) is 67.3 Å². The topological polar surface area (TPSA) is 73.8 Å². The maximum absolute atomic E-state index is 13.2. The molecule has 0 radical (unpaired) electrons. The van der Waals surface area contributed by atoms with Gasteiger partial charge >= 0.3 is 0 Å². The Bertz CT molecular complexity index is 1020. The van der Waals surface area contributed by atoms with Crippen molar-refractivity contribution in [1.29, 1.82) is 0 Å². The second-order valence-electron chi connectivity index (χ2n) is 8.34. The first-order chi connectivity index (χ1) is 14.5. The quantitative estimate of drug-likeness (QED) is 0.750. The summed E-state index contributed by atoms with van der Waals surface area (Å²) in [7, 11) is -3.46. The maximum Gasteiger partial charge on any atom is 0.254 e. The molecule has 3 aliphatic heterocycles. The maximum atomic E-state index is 13.2. The van der Waals surface area contributed by atoms with Crippen molar-refractivity contribution >= 4 is 21.7 Å². The van der Waals surface area contributed by atoms with Crippen molar-refractivity contribution in [3.8, 4) is 0 Å². The van der Waals surface area contributed by atoms with Crippen LogP contribution in [0.15, 0.2) is 53.6 Å². The van der Waals surface area contributed by atoms with E-state index in [0.29, 0.717) is 24.6 Å². The Morgan fingerprint density at radius 2 is 1.73 bits per heavy atom. The highest BCUT2D eigenvalue weighted by Gasteiger charge is 2.43. The molecule has 4 heterocycles. The largest absolute Gasteiger partial charge is 0.354 e. The van der Waals surface area contributed by atoms with E-state index in [4.69, 9.17) is 0 Å². The van der Waals surface area contributed by atoms with Gasteiger partial charge in [-0.1, -0.05) is 6.07 Å². The van der Waals surface area contributed by atoms with Gasteiger partial charge in [0.15, 0.2) is 0 Å². The van der Waals surface area contributed by atoms with Crippen LogP contribution in [0, 0.1) is 5.92 Å². The summed E-state index contributed by atoms with van der Waals surface area (Å²) >= 11 is 0. The summed E-state index contributed by atoms with van der Waals surface area (Å²) < 4.78 is 27.0. The molecular weight excluding hydrogens is 400 g/mol. The lowest BCUT2D eigenvalue weighted by Gasteiger charge is -2.25. The van der Waals surface area contributed by atoms with Crippen LogP contribution < -0.4 is 4.90 Å². The lowest BCUT2D eigenvalue weighted by Crippen LogP contribution is -2.39. The molecule has 3 saturated heterocycles. The molecule has 7 nitrogen and oxygen atoms in total. The van der Waals surface area contributed by atoms with Gasteiger partial charge in [-0.3, -0.25) is 4.79 Å². The van der Waals surface area contributed by atoms with E-state index < -0.39 is 10.0 Å². The van der Waals surface area contributed by atoms with E-state index in [9.17, 15) is 13.2 Å². The molecule has 0 saturated carbocycles. The van der Waals surface area contributed by atoms with E-state index in [1.54, 1.807) is 30.5 Å². The zero-order valence-electron chi connectivity index (χ0n) is 16.9. The van der Waals surface area contributed by atoms with Crippen molar-refractivity contribution in [3.63, 3.8) is 0 Å². The van der Waals surface area contributed by atoms with Gasteiger partial charge in [-0.05, 0) is 55.7 Å². The highest BCUT2D eigenvalue weighted by atomic mass is 32.2. The van der Waals surface area contributed by atoms with Crippen molar-refractivity contribution in [2.75, 3.05) is 37.6 Å². The number of amides is 1. The summed E-state index contributed by atoms with van der Waals surface area (Å²) in [6.07, 6.45) is 4.59. The van der Waals surface area contributed by atoms with Crippen molar-refractivity contribution < 1.29 is 13.2 Å². The summed E-state index contributed by atoms with van der Waals surface area (Å²) in [6, 6.07) is 12.5. The molecule has 1 amide bonds. The number of likely N-dealkylation sites (tertiary alicyclic amines) is 1. The van der Waals surface area contributed by atoms with Gasteiger partial charge in [0, 0.05) is 50.4 Å². The Kier molecular flexibility index (Phi) is 4.99. The summed E-state index contributed by atoms with van der Waals surface area (Å²) in [5.74, 6) is 1.39. The second kappa shape index (κ2) is 7.67. The summed E-state index contributed by atoms with van der Waals surface area (Å²) in [6.45, 7) is 3.60.